The Balaban J connectivity index is 1.67. The summed E-state index contributed by atoms with van der Waals surface area (Å²) in [6.07, 6.45) is 0.455. The second-order valence-electron chi connectivity index (χ2n) is 6.46. The van der Waals surface area contributed by atoms with Gasteiger partial charge in [-0.2, -0.15) is 0 Å². The number of carboxylic acid groups (broad SMARTS) is 1. The van der Waals surface area contributed by atoms with Gasteiger partial charge in [0, 0.05) is 38.3 Å². The molecular formula is C21H26N2O3. The van der Waals surface area contributed by atoms with Crippen LogP contribution in [0.2, 0.25) is 0 Å². The van der Waals surface area contributed by atoms with Gasteiger partial charge < -0.3 is 14.7 Å². The fourth-order valence-corrected chi connectivity index (χ4v) is 3.48. The van der Waals surface area contributed by atoms with E-state index < -0.39 is 12.0 Å². The molecule has 1 unspecified atom stereocenters. The summed E-state index contributed by atoms with van der Waals surface area (Å²) in [6.45, 7) is 5.66. The first-order valence-electron chi connectivity index (χ1n) is 9.16. The molecule has 138 valence electrons. The molecular weight excluding hydrogens is 328 g/mol. The molecule has 5 heteroatoms. The summed E-state index contributed by atoms with van der Waals surface area (Å²) >= 11 is 0. The van der Waals surface area contributed by atoms with E-state index in [9.17, 15) is 9.90 Å². The van der Waals surface area contributed by atoms with E-state index in [2.05, 4.69) is 21.9 Å². The van der Waals surface area contributed by atoms with Crippen LogP contribution < -0.4 is 9.64 Å². The third-order valence-corrected chi connectivity index (χ3v) is 4.85. The van der Waals surface area contributed by atoms with Crippen LogP contribution in [-0.4, -0.2) is 54.8 Å². The highest BCUT2D eigenvalue weighted by atomic mass is 16.5. The lowest BCUT2D eigenvalue weighted by Gasteiger charge is -2.39. The first kappa shape index (κ1) is 18.3. The van der Waals surface area contributed by atoms with E-state index in [1.54, 1.807) is 0 Å². The average molecular weight is 354 g/mol. The number of para-hydroxylation sites is 2. The summed E-state index contributed by atoms with van der Waals surface area (Å²) in [4.78, 5) is 16.3. The first-order chi connectivity index (χ1) is 12.7. The van der Waals surface area contributed by atoms with Crippen molar-refractivity contribution >= 4 is 11.7 Å². The second kappa shape index (κ2) is 8.72. The van der Waals surface area contributed by atoms with E-state index in [1.165, 1.54) is 5.69 Å². The minimum atomic E-state index is -0.774. The maximum absolute atomic E-state index is 11.9. The molecule has 1 saturated heterocycles. The molecule has 3 rings (SSSR count). The molecule has 1 fully saturated rings. The molecule has 0 bridgehead atoms. The van der Waals surface area contributed by atoms with Gasteiger partial charge in [-0.15, -0.1) is 0 Å². The third-order valence-electron chi connectivity index (χ3n) is 4.85. The number of carboxylic acids is 1. The average Bonchev–Trinajstić information content (AvgIpc) is 2.68. The molecule has 1 aliphatic heterocycles. The molecule has 1 aliphatic rings. The van der Waals surface area contributed by atoms with Gasteiger partial charge in [0.1, 0.15) is 11.8 Å². The maximum Gasteiger partial charge on any atom is 0.321 e. The largest absolute Gasteiger partial charge is 0.494 e. The highest BCUT2D eigenvalue weighted by Crippen LogP contribution is 2.23. The Bertz CT molecular complexity index is 712. The molecule has 0 spiro atoms. The molecule has 1 atom stereocenters. The fourth-order valence-electron chi connectivity index (χ4n) is 3.48. The summed E-state index contributed by atoms with van der Waals surface area (Å²) < 4.78 is 5.66. The van der Waals surface area contributed by atoms with Crippen molar-refractivity contribution in [2.24, 2.45) is 0 Å². The summed E-state index contributed by atoms with van der Waals surface area (Å²) in [5.41, 5.74) is 2.15. The quantitative estimate of drug-likeness (QED) is 0.829. The number of nitrogens with zero attached hydrogens (tertiary/aromatic N) is 2. The van der Waals surface area contributed by atoms with Gasteiger partial charge in [-0.3, -0.25) is 9.69 Å². The number of carbonyl (C=O) groups is 1. The van der Waals surface area contributed by atoms with Gasteiger partial charge in [0.05, 0.1) is 6.61 Å². The molecule has 2 aromatic rings. The lowest BCUT2D eigenvalue weighted by atomic mass is 10.0. The predicted molar refractivity (Wildman–Crippen MR) is 103 cm³/mol. The van der Waals surface area contributed by atoms with Crippen molar-refractivity contribution in [3.63, 3.8) is 0 Å². The number of benzene rings is 2. The van der Waals surface area contributed by atoms with Gasteiger partial charge in [-0.25, -0.2) is 0 Å². The van der Waals surface area contributed by atoms with Gasteiger partial charge in [0.2, 0.25) is 0 Å². The molecule has 0 saturated carbocycles. The number of ether oxygens (including phenoxy) is 1. The van der Waals surface area contributed by atoms with Crippen LogP contribution in [0.5, 0.6) is 5.75 Å². The van der Waals surface area contributed by atoms with Gasteiger partial charge in [-0.1, -0.05) is 36.4 Å². The van der Waals surface area contributed by atoms with Crippen LogP contribution in [0.25, 0.3) is 0 Å². The molecule has 1 N–H and O–H groups in total. The van der Waals surface area contributed by atoms with Gasteiger partial charge in [0.25, 0.3) is 0 Å². The number of aliphatic carboxylic acids is 1. The molecule has 1 heterocycles. The van der Waals surface area contributed by atoms with Crippen LogP contribution in [0.3, 0.4) is 0 Å². The summed E-state index contributed by atoms with van der Waals surface area (Å²) in [6, 6.07) is 17.5. The van der Waals surface area contributed by atoms with Gasteiger partial charge in [-0.05, 0) is 30.7 Å². The van der Waals surface area contributed by atoms with Crippen molar-refractivity contribution in [3.8, 4) is 5.75 Å². The Morgan fingerprint density at radius 1 is 1.04 bits per heavy atom. The maximum atomic E-state index is 11.9. The van der Waals surface area contributed by atoms with E-state index >= 15 is 0 Å². The summed E-state index contributed by atoms with van der Waals surface area (Å²) in [5.74, 6) is 0.00799. The Morgan fingerprint density at radius 2 is 1.69 bits per heavy atom. The third kappa shape index (κ3) is 4.35. The standard InChI is InChI=1S/C21H26N2O3/c1-2-26-20-11-7-6-8-17(20)16-19(21(24)25)23-14-12-22(13-15-23)18-9-4-3-5-10-18/h3-11,19H,2,12-16H2,1H3,(H,24,25). The van der Waals surface area contributed by atoms with Crippen molar-refractivity contribution in [1.82, 2.24) is 4.90 Å². The van der Waals surface area contributed by atoms with Crippen molar-refractivity contribution in [1.29, 1.82) is 0 Å². The van der Waals surface area contributed by atoms with E-state index in [1.807, 2.05) is 49.4 Å². The summed E-state index contributed by atoms with van der Waals surface area (Å²) in [5, 5.41) is 9.79. The topological polar surface area (TPSA) is 53.0 Å². The second-order valence-corrected chi connectivity index (χ2v) is 6.46. The normalized spacial score (nSPS) is 16.3. The molecule has 5 nitrogen and oxygen atoms in total. The Hall–Kier alpha value is -2.53. The van der Waals surface area contributed by atoms with Crippen LogP contribution in [0.4, 0.5) is 5.69 Å². The fraction of sp³-hybridized carbons (Fsp3) is 0.381. The smallest absolute Gasteiger partial charge is 0.321 e. The zero-order valence-electron chi connectivity index (χ0n) is 15.2. The van der Waals surface area contributed by atoms with Crippen molar-refractivity contribution < 1.29 is 14.6 Å². The lowest BCUT2D eigenvalue weighted by molar-refractivity contribution is -0.143. The van der Waals surface area contributed by atoms with Crippen LogP contribution >= 0.6 is 0 Å². The number of hydrogen-bond acceptors (Lipinski definition) is 4. The molecule has 0 aliphatic carbocycles. The van der Waals surface area contributed by atoms with E-state index in [0.29, 0.717) is 13.0 Å². The molecule has 0 amide bonds. The first-order valence-corrected chi connectivity index (χ1v) is 9.16. The van der Waals surface area contributed by atoms with Crippen LogP contribution in [-0.2, 0) is 11.2 Å². The molecule has 0 radical (unpaired) electrons. The minimum absolute atomic E-state index is 0.455. The number of rotatable bonds is 7. The number of hydrogen-bond donors (Lipinski definition) is 1. The Morgan fingerprint density at radius 3 is 2.35 bits per heavy atom. The van der Waals surface area contributed by atoms with E-state index in [-0.39, 0.29) is 0 Å². The number of piperazine rings is 1. The highest BCUT2D eigenvalue weighted by Gasteiger charge is 2.29. The van der Waals surface area contributed by atoms with Crippen molar-refractivity contribution in [3.05, 3.63) is 60.2 Å². The SMILES string of the molecule is CCOc1ccccc1CC(C(=O)O)N1CCN(c2ccccc2)CC1. The molecule has 0 aromatic heterocycles. The predicted octanol–water partition coefficient (Wildman–Crippen LogP) is 2.90. The van der Waals surface area contributed by atoms with E-state index in [0.717, 1.165) is 37.5 Å². The molecule has 26 heavy (non-hydrogen) atoms. The van der Waals surface area contributed by atoms with Crippen LogP contribution in [0.15, 0.2) is 54.6 Å². The zero-order valence-corrected chi connectivity index (χ0v) is 15.2. The van der Waals surface area contributed by atoms with E-state index in [4.69, 9.17) is 4.74 Å². The zero-order chi connectivity index (χ0) is 18.4. The highest BCUT2D eigenvalue weighted by molar-refractivity contribution is 5.74. The Labute approximate surface area is 154 Å². The van der Waals surface area contributed by atoms with Gasteiger partial charge in [0.15, 0.2) is 0 Å². The van der Waals surface area contributed by atoms with Crippen LogP contribution in [0.1, 0.15) is 12.5 Å². The number of anilines is 1. The monoisotopic (exact) mass is 354 g/mol. The van der Waals surface area contributed by atoms with Crippen molar-refractivity contribution in [2.45, 2.75) is 19.4 Å². The Kier molecular flexibility index (Phi) is 6.12. The minimum Gasteiger partial charge on any atom is -0.494 e. The summed E-state index contributed by atoms with van der Waals surface area (Å²) in [7, 11) is 0. The van der Waals surface area contributed by atoms with Crippen LogP contribution in [0, 0.1) is 0 Å². The molecule has 2 aromatic carbocycles. The lowest BCUT2D eigenvalue weighted by Crippen LogP contribution is -2.53. The van der Waals surface area contributed by atoms with Crippen molar-refractivity contribution in [2.75, 3.05) is 37.7 Å². The van der Waals surface area contributed by atoms with Gasteiger partial charge >= 0.3 is 5.97 Å².